The molecule has 0 amide bonds. The van der Waals surface area contributed by atoms with Gasteiger partial charge in [0.1, 0.15) is 0 Å². The van der Waals surface area contributed by atoms with Crippen molar-refractivity contribution in [1.29, 1.82) is 0 Å². The second-order valence-corrected chi connectivity index (χ2v) is 5.05. The van der Waals surface area contributed by atoms with Gasteiger partial charge in [0, 0.05) is 38.3 Å². The zero-order valence-electron chi connectivity index (χ0n) is 11.5. The molecule has 0 aromatic rings. The van der Waals surface area contributed by atoms with Gasteiger partial charge in [0.15, 0.2) is 0 Å². The fourth-order valence-corrected chi connectivity index (χ4v) is 2.47. The zero-order chi connectivity index (χ0) is 12.0. The topological polar surface area (TPSA) is 18.5 Å². The van der Waals surface area contributed by atoms with Gasteiger partial charge in [0.25, 0.3) is 0 Å². The first-order valence-electron chi connectivity index (χ1n) is 6.85. The summed E-state index contributed by atoms with van der Waals surface area (Å²) in [6.07, 6.45) is 2.46. The summed E-state index contributed by atoms with van der Waals surface area (Å²) in [7, 11) is 2.22. The molecule has 0 aromatic heterocycles. The van der Waals surface area contributed by atoms with Crippen LogP contribution in [0.4, 0.5) is 0 Å². The fraction of sp³-hybridized carbons (Fsp3) is 1.00. The van der Waals surface area contributed by atoms with E-state index in [0.717, 1.165) is 6.54 Å². The Bertz CT molecular complexity index is 171. The van der Waals surface area contributed by atoms with Crippen molar-refractivity contribution in [3.8, 4) is 0 Å². The Hall–Kier alpha value is -0.120. The van der Waals surface area contributed by atoms with Crippen molar-refractivity contribution in [1.82, 2.24) is 15.1 Å². The lowest BCUT2D eigenvalue weighted by molar-refractivity contribution is 0.0978. The van der Waals surface area contributed by atoms with E-state index in [9.17, 15) is 0 Å². The Morgan fingerprint density at radius 2 is 1.75 bits per heavy atom. The molecule has 1 saturated heterocycles. The molecule has 2 atom stereocenters. The molecule has 1 fully saturated rings. The Morgan fingerprint density at radius 1 is 1.12 bits per heavy atom. The second kappa shape index (κ2) is 7.25. The summed E-state index contributed by atoms with van der Waals surface area (Å²) < 4.78 is 0. The number of rotatable bonds is 6. The number of nitrogens with one attached hydrogen (secondary N) is 1. The summed E-state index contributed by atoms with van der Waals surface area (Å²) in [6.45, 7) is 12.9. The lowest BCUT2D eigenvalue weighted by Crippen LogP contribution is -2.54. The van der Waals surface area contributed by atoms with Crippen LogP contribution >= 0.6 is 0 Å². The van der Waals surface area contributed by atoms with Crippen LogP contribution in [0.3, 0.4) is 0 Å². The van der Waals surface area contributed by atoms with Gasteiger partial charge in [-0.25, -0.2) is 0 Å². The van der Waals surface area contributed by atoms with Crippen molar-refractivity contribution in [2.75, 3.05) is 39.8 Å². The minimum atomic E-state index is 0.656. The number of hydrogen-bond acceptors (Lipinski definition) is 3. The van der Waals surface area contributed by atoms with Crippen molar-refractivity contribution in [3.05, 3.63) is 0 Å². The van der Waals surface area contributed by atoms with Gasteiger partial charge in [-0.1, -0.05) is 13.8 Å². The smallest absolute Gasteiger partial charge is 0.0222 e. The van der Waals surface area contributed by atoms with Crippen LogP contribution in [0.15, 0.2) is 0 Å². The van der Waals surface area contributed by atoms with E-state index in [1.54, 1.807) is 0 Å². The highest BCUT2D eigenvalue weighted by Crippen LogP contribution is 2.10. The van der Waals surface area contributed by atoms with E-state index in [4.69, 9.17) is 0 Å². The zero-order valence-corrected chi connectivity index (χ0v) is 11.5. The SMILES string of the molecule is CCCNC(CC)C(C)N1CCN(C)CC1. The van der Waals surface area contributed by atoms with Crippen LogP contribution in [0.25, 0.3) is 0 Å². The Morgan fingerprint density at radius 3 is 2.25 bits per heavy atom. The van der Waals surface area contributed by atoms with Gasteiger partial charge >= 0.3 is 0 Å². The highest BCUT2D eigenvalue weighted by molar-refractivity contribution is 4.83. The van der Waals surface area contributed by atoms with Crippen molar-refractivity contribution in [2.24, 2.45) is 0 Å². The van der Waals surface area contributed by atoms with Crippen molar-refractivity contribution in [3.63, 3.8) is 0 Å². The van der Waals surface area contributed by atoms with Crippen LogP contribution in [-0.2, 0) is 0 Å². The van der Waals surface area contributed by atoms with Crippen molar-refractivity contribution >= 4 is 0 Å². The van der Waals surface area contributed by atoms with Gasteiger partial charge in [-0.05, 0) is 33.4 Å². The molecule has 1 aliphatic rings. The molecule has 1 rings (SSSR count). The maximum absolute atomic E-state index is 3.67. The fourth-order valence-electron chi connectivity index (χ4n) is 2.47. The van der Waals surface area contributed by atoms with E-state index in [-0.39, 0.29) is 0 Å². The summed E-state index contributed by atoms with van der Waals surface area (Å²) >= 11 is 0. The maximum atomic E-state index is 3.67. The van der Waals surface area contributed by atoms with Crippen LogP contribution in [-0.4, -0.2) is 61.7 Å². The molecule has 1 heterocycles. The molecule has 0 aliphatic carbocycles. The van der Waals surface area contributed by atoms with Gasteiger partial charge in [-0.2, -0.15) is 0 Å². The predicted molar refractivity (Wildman–Crippen MR) is 70.9 cm³/mol. The third-order valence-corrected chi connectivity index (χ3v) is 3.79. The molecule has 0 bridgehead atoms. The quantitative estimate of drug-likeness (QED) is 0.740. The molecule has 96 valence electrons. The first kappa shape index (κ1) is 13.9. The third-order valence-electron chi connectivity index (χ3n) is 3.79. The Balaban J connectivity index is 2.37. The Kier molecular flexibility index (Phi) is 6.32. The van der Waals surface area contributed by atoms with Crippen LogP contribution in [0.5, 0.6) is 0 Å². The molecule has 0 saturated carbocycles. The van der Waals surface area contributed by atoms with Crippen LogP contribution in [0.2, 0.25) is 0 Å². The monoisotopic (exact) mass is 227 g/mol. The molecule has 0 radical (unpaired) electrons. The number of piperazine rings is 1. The molecule has 0 aromatic carbocycles. The normalized spacial score (nSPS) is 23.2. The lowest BCUT2D eigenvalue weighted by Gasteiger charge is -2.40. The van der Waals surface area contributed by atoms with E-state index in [1.807, 2.05) is 0 Å². The highest BCUT2D eigenvalue weighted by atomic mass is 15.3. The average Bonchev–Trinajstić information content (AvgIpc) is 2.30. The Labute approximate surface area is 101 Å². The summed E-state index contributed by atoms with van der Waals surface area (Å²) in [6, 6.07) is 1.33. The van der Waals surface area contributed by atoms with Crippen molar-refractivity contribution < 1.29 is 0 Å². The van der Waals surface area contributed by atoms with E-state index in [1.165, 1.54) is 39.0 Å². The number of likely N-dealkylation sites (N-methyl/N-ethyl adjacent to an activating group) is 1. The standard InChI is InChI=1S/C13H29N3/c1-5-7-14-13(6-2)12(3)16-10-8-15(4)9-11-16/h12-14H,5-11H2,1-4H3. The number of nitrogens with zero attached hydrogens (tertiary/aromatic N) is 2. The summed E-state index contributed by atoms with van der Waals surface area (Å²) in [5.41, 5.74) is 0. The maximum Gasteiger partial charge on any atom is 0.0222 e. The van der Waals surface area contributed by atoms with E-state index in [0.29, 0.717) is 12.1 Å². The minimum Gasteiger partial charge on any atom is -0.312 e. The molecule has 3 nitrogen and oxygen atoms in total. The summed E-state index contributed by atoms with van der Waals surface area (Å²) in [4.78, 5) is 5.06. The third kappa shape index (κ3) is 4.04. The van der Waals surface area contributed by atoms with E-state index < -0.39 is 0 Å². The molecular formula is C13H29N3. The first-order chi connectivity index (χ1) is 7.69. The molecule has 2 unspecified atom stereocenters. The van der Waals surface area contributed by atoms with Crippen LogP contribution in [0.1, 0.15) is 33.6 Å². The summed E-state index contributed by atoms with van der Waals surface area (Å²) in [5, 5.41) is 3.67. The first-order valence-corrected chi connectivity index (χ1v) is 6.85. The van der Waals surface area contributed by atoms with Gasteiger partial charge in [-0.15, -0.1) is 0 Å². The highest BCUT2D eigenvalue weighted by Gasteiger charge is 2.24. The van der Waals surface area contributed by atoms with Gasteiger partial charge in [0.2, 0.25) is 0 Å². The van der Waals surface area contributed by atoms with Gasteiger partial charge < -0.3 is 10.2 Å². The molecule has 16 heavy (non-hydrogen) atoms. The largest absolute Gasteiger partial charge is 0.312 e. The van der Waals surface area contributed by atoms with E-state index >= 15 is 0 Å². The molecule has 0 spiro atoms. The van der Waals surface area contributed by atoms with Gasteiger partial charge in [-0.3, -0.25) is 4.90 Å². The van der Waals surface area contributed by atoms with Crippen molar-refractivity contribution in [2.45, 2.75) is 45.7 Å². The second-order valence-electron chi connectivity index (χ2n) is 5.05. The summed E-state index contributed by atoms with van der Waals surface area (Å²) in [5.74, 6) is 0. The van der Waals surface area contributed by atoms with Crippen LogP contribution in [0, 0.1) is 0 Å². The van der Waals surface area contributed by atoms with E-state index in [2.05, 4.69) is 42.9 Å². The lowest BCUT2D eigenvalue weighted by atomic mass is 10.0. The molecule has 1 aliphatic heterocycles. The van der Waals surface area contributed by atoms with Gasteiger partial charge in [0.05, 0.1) is 0 Å². The average molecular weight is 227 g/mol. The number of hydrogen-bond donors (Lipinski definition) is 1. The predicted octanol–water partition coefficient (Wildman–Crippen LogP) is 1.40. The molecule has 1 N–H and O–H groups in total. The minimum absolute atomic E-state index is 0.656. The molecule has 3 heteroatoms. The van der Waals surface area contributed by atoms with Crippen LogP contribution < -0.4 is 5.32 Å². The molecular weight excluding hydrogens is 198 g/mol.